The number of Topliss-reactive ketones (excluding diaryl/α,β-unsaturated/α-hetero) is 1. The Morgan fingerprint density at radius 1 is 1.11 bits per heavy atom. The van der Waals surface area contributed by atoms with Gasteiger partial charge < -0.3 is 0 Å². The first-order valence-electron chi connectivity index (χ1n) is 5.80. The SMILES string of the molecule is CC(=O)c1ccc2cnn(-c3ccccc3)c2c1. The summed E-state index contributed by atoms with van der Waals surface area (Å²) in [5, 5.41) is 5.40. The third kappa shape index (κ3) is 1.70. The van der Waals surface area contributed by atoms with E-state index >= 15 is 0 Å². The van der Waals surface area contributed by atoms with Crippen LogP contribution < -0.4 is 0 Å². The van der Waals surface area contributed by atoms with Crippen LogP contribution in [0.25, 0.3) is 16.6 Å². The quantitative estimate of drug-likeness (QED) is 0.640. The molecule has 1 aromatic heterocycles. The van der Waals surface area contributed by atoms with Crippen molar-refractivity contribution in [3.8, 4) is 5.69 Å². The zero-order valence-electron chi connectivity index (χ0n) is 10.00. The maximum absolute atomic E-state index is 11.4. The molecule has 0 aliphatic heterocycles. The minimum absolute atomic E-state index is 0.0673. The van der Waals surface area contributed by atoms with Crippen molar-refractivity contribution in [3.05, 3.63) is 60.3 Å². The molecule has 0 bridgehead atoms. The fourth-order valence-corrected chi connectivity index (χ4v) is 2.01. The topological polar surface area (TPSA) is 34.9 Å². The normalized spacial score (nSPS) is 10.7. The Morgan fingerprint density at radius 3 is 2.61 bits per heavy atom. The van der Waals surface area contributed by atoms with E-state index in [1.165, 1.54) is 0 Å². The molecule has 0 radical (unpaired) electrons. The van der Waals surface area contributed by atoms with Gasteiger partial charge in [-0.15, -0.1) is 0 Å². The molecule has 0 N–H and O–H groups in total. The van der Waals surface area contributed by atoms with Crippen molar-refractivity contribution in [2.75, 3.05) is 0 Å². The van der Waals surface area contributed by atoms with Gasteiger partial charge in [-0.25, -0.2) is 4.68 Å². The molecule has 3 aromatic rings. The summed E-state index contributed by atoms with van der Waals surface area (Å²) < 4.78 is 1.85. The number of carbonyl (C=O) groups excluding carboxylic acids is 1. The Labute approximate surface area is 105 Å². The molecule has 0 spiro atoms. The average molecular weight is 236 g/mol. The molecule has 0 aliphatic carbocycles. The van der Waals surface area contributed by atoms with Crippen LogP contribution >= 0.6 is 0 Å². The summed E-state index contributed by atoms with van der Waals surface area (Å²) in [7, 11) is 0. The largest absolute Gasteiger partial charge is 0.295 e. The Hall–Kier alpha value is -2.42. The summed E-state index contributed by atoms with van der Waals surface area (Å²) in [4.78, 5) is 11.4. The number of para-hydroxylation sites is 1. The van der Waals surface area contributed by atoms with Crippen molar-refractivity contribution < 1.29 is 4.79 Å². The van der Waals surface area contributed by atoms with Gasteiger partial charge in [0.15, 0.2) is 5.78 Å². The van der Waals surface area contributed by atoms with Gasteiger partial charge in [0, 0.05) is 10.9 Å². The number of hydrogen-bond acceptors (Lipinski definition) is 2. The van der Waals surface area contributed by atoms with Crippen molar-refractivity contribution in [1.29, 1.82) is 0 Å². The van der Waals surface area contributed by atoms with Crippen LogP contribution in [0.15, 0.2) is 54.7 Å². The second kappa shape index (κ2) is 4.11. The van der Waals surface area contributed by atoms with Gasteiger partial charge in [0.25, 0.3) is 0 Å². The molecule has 0 amide bonds. The molecule has 3 rings (SSSR count). The van der Waals surface area contributed by atoms with E-state index in [0.717, 1.165) is 16.6 Å². The van der Waals surface area contributed by atoms with Crippen LogP contribution in [0.1, 0.15) is 17.3 Å². The minimum Gasteiger partial charge on any atom is -0.295 e. The number of hydrogen-bond donors (Lipinski definition) is 0. The van der Waals surface area contributed by atoms with Gasteiger partial charge in [0.1, 0.15) is 0 Å². The molecule has 1 heterocycles. The number of rotatable bonds is 2. The number of aromatic nitrogens is 2. The molecular weight excluding hydrogens is 224 g/mol. The predicted molar refractivity (Wildman–Crippen MR) is 71.1 cm³/mol. The van der Waals surface area contributed by atoms with E-state index in [0.29, 0.717) is 5.56 Å². The van der Waals surface area contributed by atoms with Crippen molar-refractivity contribution in [3.63, 3.8) is 0 Å². The van der Waals surface area contributed by atoms with Crippen LogP contribution in [0.5, 0.6) is 0 Å². The summed E-state index contributed by atoms with van der Waals surface area (Å²) in [5.74, 6) is 0.0673. The lowest BCUT2D eigenvalue weighted by molar-refractivity contribution is 0.101. The number of benzene rings is 2. The Kier molecular flexibility index (Phi) is 2.45. The lowest BCUT2D eigenvalue weighted by atomic mass is 10.1. The first kappa shape index (κ1) is 10.7. The zero-order valence-corrected chi connectivity index (χ0v) is 10.00. The zero-order chi connectivity index (χ0) is 12.5. The highest BCUT2D eigenvalue weighted by Crippen LogP contribution is 2.19. The molecule has 0 saturated heterocycles. The number of fused-ring (bicyclic) bond motifs is 1. The molecule has 0 saturated carbocycles. The van der Waals surface area contributed by atoms with E-state index in [9.17, 15) is 4.79 Å². The maximum atomic E-state index is 11.4. The first-order valence-corrected chi connectivity index (χ1v) is 5.80. The first-order chi connectivity index (χ1) is 8.75. The van der Waals surface area contributed by atoms with Crippen LogP contribution in [-0.2, 0) is 0 Å². The monoisotopic (exact) mass is 236 g/mol. The van der Waals surface area contributed by atoms with E-state index in [4.69, 9.17) is 0 Å². The molecule has 18 heavy (non-hydrogen) atoms. The fraction of sp³-hybridized carbons (Fsp3) is 0.0667. The lowest BCUT2D eigenvalue weighted by Gasteiger charge is -2.03. The number of carbonyl (C=O) groups is 1. The Bertz CT molecular complexity index is 714. The van der Waals surface area contributed by atoms with Crippen molar-refractivity contribution in [2.45, 2.75) is 6.92 Å². The van der Waals surface area contributed by atoms with Crippen molar-refractivity contribution in [2.24, 2.45) is 0 Å². The molecule has 3 heteroatoms. The van der Waals surface area contributed by atoms with Crippen LogP contribution in [0.2, 0.25) is 0 Å². The van der Waals surface area contributed by atoms with Crippen molar-refractivity contribution in [1.82, 2.24) is 9.78 Å². The molecule has 88 valence electrons. The van der Waals surface area contributed by atoms with E-state index in [-0.39, 0.29) is 5.78 Å². The molecule has 0 aliphatic rings. The Morgan fingerprint density at radius 2 is 1.89 bits per heavy atom. The van der Waals surface area contributed by atoms with Gasteiger partial charge in [-0.1, -0.05) is 30.3 Å². The lowest BCUT2D eigenvalue weighted by Crippen LogP contribution is -1.97. The average Bonchev–Trinajstić information content (AvgIpc) is 2.82. The third-order valence-electron chi connectivity index (χ3n) is 2.98. The maximum Gasteiger partial charge on any atom is 0.159 e. The van der Waals surface area contributed by atoms with Crippen molar-refractivity contribution >= 4 is 16.7 Å². The van der Waals surface area contributed by atoms with Crippen LogP contribution in [0.4, 0.5) is 0 Å². The van der Waals surface area contributed by atoms with E-state index in [1.807, 2.05) is 59.4 Å². The second-order valence-corrected chi connectivity index (χ2v) is 4.22. The highest BCUT2D eigenvalue weighted by Gasteiger charge is 2.07. The van der Waals surface area contributed by atoms with Crippen LogP contribution in [0.3, 0.4) is 0 Å². The molecule has 0 fully saturated rings. The Balaban J connectivity index is 2.24. The summed E-state index contributed by atoms with van der Waals surface area (Å²) in [6.45, 7) is 1.57. The molecule has 0 atom stereocenters. The van der Waals surface area contributed by atoms with E-state index in [1.54, 1.807) is 6.92 Å². The summed E-state index contributed by atoms with van der Waals surface area (Å²) in [6, 6.07) is 15.5. The van der Waals surface area contributed by atoms with Gasteiger partial charge in [-0.3, -0.25) is 4.79 Å². The highest BCUT2D eigenvalue weighted by atomic mass is 16.1. The molecule has 3 nitrogen and oxygen atoms in total. The summed E-state index contributed by atoms with van der Waals surface area (Å²) in [6.07, 6.45) is 1.81. The van der Waals surface area contributed by atoms with Gasteiger partial charge in [-0.05, 0) is 25.1 Å². The predicted octanol–water partition coefficient (Wildman–Crippen LogP) is 3.23. The molecular formula is C15H12N2O. The van der Waals surface area contributed by atoms with Crippen LogP contribution in [-0.4, -0.2) is 15.6 Å². The van der Waals surface area contributed by atoms with Gasteiger partial charge >= 0.3 is 0 Å². The van der Waals surface area contributed by atoms with E-state index < -0.39 is 0 Å². The smallest absolute Gasteiger partial charge is 0.159 e. The molecule has 2 aromatic carbocycles. The van der Waals surface area contributed by atoms with Gasteiger partial charge in [0.2, 0.25) is 0 Å². The van der Waals surface area contributed by atoms with Gasteiger partial charge in [-0.2, -0.15) is 5.10 Å². The molecule has 0 unspecified atom stereocenters. The second-order valence-electron chi connectivity index (χ2n) is 4.22. The van der Waals surface area contributed by atoms with E-state index in [2.05, 4.69) is 5.10 Å². The highest BCUT2D eigenvalue weighted by molar-refractivity contribution is 5.97. The number of ketones is 1. The summed E-state index contributed by atoms with van der Waals surface area (Å²) in [5.41, 5.74) is 2.65. The minimum atomic E-state index is 0.0673. The van der Waals surface area contributed by atoms with Gasteiger partial charge in [0.05, 0.1) is 17.4 Å². The number of nitrogens with zero attached hydrogens (tertiary/aromatic N) is 2. The standard InChI is InChI=1S/C15H12N2O/c1-11(18)12-7-8-13-10-16-17(15(13)9-12)14-5-3-2-4-6-14/h2-10H,1H3. The third-order valence-corrected chi connectivity index (χ3v) is 2.98. The summed E-state index contributed by atoms with van der Waals surface area (Å²) >= 11 is 0. The fourth-order valence-electron chi connectivity index (χ4n) is 2.01. The van der Waals surface area contributed by atoms with Crippen LogP contribution in [0, 0.1) is 0 Å².